The molecule has 0 bridgehead atoms. The molecule has 2 heterocycles. The van der Waals surface area contributed by atoms with Gasteiger partial charge in [-0.25, -0.2) is 4.98 Å². The number of aliphatic carboxylic acids is 1. The van der Waals surface area contributed by atoms with Gasteiger partial charge in [0.25, 0.3) is 0 Å². The Morgan fingerprint density at radius 2 is 2.15 bits per heavy atom. The summed E-state index contributed by atoms with van der Waals surface area (Å²) in [4.78, 5) is 23.6. The number of carboxylic acids is 1. The smallest absolute Gasteiger partial charge is 0.307 e. The molecule has 0 spiro atoms. The van der Waals surface area contributed by atoms with Crippen molar-refractivity contribution >= 4 is 5.97 Å². The molecule has 0 aliphatic heterocycles. The summed E-state index contributed by atoms with van der Waals surface area (Å²) in [5, 5.41) is 13.2. The normalized spacial score (nSPS) is 22.6. The molecule has 1 aliphatic carbocycles. The van der Waals surface area contributed by atoms with Crippen LogP contribution in [0, 0.1) is 5.92 Å². The molecule has 3 rings (SSSR count). The number of carboxylic acid groups (broad SMARTS) is 1. The van der Waals surface area contributed by atoms with E-state index < -0.39 is 11.9 Å². The molecule has 1 aliphatic rings. The second kappa shape index (κ2) is 5.36. The highest BCUT2D eigenvalue weighted by Crippen LogP contribution is 2.37. The van der Waals surface area contributed by atoms with Crippen LogP contribution in [0.15, 0.2) is 23.1 Å². The monoisotopic (exact) mass is 274 g/mol. The fraction of sp³-hybridized carbons (Fsp3) is 0.462. The van der Waals surface area contributed by atoms with E-state index in [1.165, 1.54) is 0 Å². The van der Waals surface area contributed by atoms with E-state index in [0.717, 1.165) is 19.3 Å². The first-order chi connectivity index (χ1) is 9.75. The minimum Gasteiger partial charge on any atom is -0.481 e. The topological polar surface area (TPSA) is 102 Å². The van der Waals surface area contributed by atoms with Crippen LogP contribution in [0.4, 0.5) is 0 Å². The van der Waals surface area contributed by atoms with E-state index in [4.69, 9.17) is 4.52 Å². The molecule has 2 atom stereocenters. The van der Waals surface area contributed by atoms with Gasteiger partial charge < -0.3 is 9.63 Å². The Bertz CT molecular complexity index is 599. The molecule has 1 fully saturated rings. The Labute approximate surface area is 115 Å². The second-order valence-corrected chi connectivity index (χ2v) is 4.88. The minimum atomic E-state index is -0.797. The van der Waals surface area contributed by atoms with Crippen LogP contribution in [0.2, 0.25) is 0 Å². The summed E-state index contributed by atoms with van der Waals surface area (Å²) in [6.07, 6.45) is 7.99. The van der Waals surface area contributed by atoms with Crippen LogP contribution >= 0.6 is 0 Å². The Balaban J connectivity index is 1.87. The Morgan fingerprint density at radius 1 is 1.30 bits per heavy atom. The number of hydrogen-bond donors (Lipinski definition) is 1. The van der Waals surface area contributed by atoms with E-state index in [2.05, 4.69) is 20.1 Å². The van der Waals surface area contributed by atoms with Crippen LogP contribution in [0.1, 0.15) is 37.5 Å². The molecular weight excluding hydrogens is 260 g/mol. The van der Waals surface area contributed by atoms with Crippen molar-refractivity contribution in [3.63, 3.8) is 0 Å². The fourth-order valence-electron chi connectivity index (χ4n) is 2.63. The summed E-state index contributed by atoms with van der Waals surface area (Å²) in [7, 11) is 0. The summed E-state index contributed by atoms with van der Waals surface area (Å²) in [6, 6.07) is 0. The first-order valence-electron chi connectivity index (χ1n) is 6.58. The van der Waals surface area contributed by atoms with Crippen LogP contribution in [-0.4, -0.2) is 31.2 Å². The molecule has 20 heavy (non-hydrogen) atoms. The Morgan fingerprint density at radius 3 is 2.90 bits per heavy atom. The quantitative estimate of drug-likeness (QED) is 0.911. The summed E-state index contributed by atoms with van der Waals surface area (Å²) in [5.74, 6) is -0.715. The predicted molar refractivity (Wildman–Crippen MR) is 67.7 cm³/mol. The number of nitrogens with zero attached hydrogens (tertiary/aromatic N) is 4. The SMILES string of the molecule is O=C(O)C1CCCCC1c1nc(-c2cnccn2)no1. The van der Waals surface area contributed by atoms with Crippen LogP contribution in [-0.2, 0) is 4.79 Å². The maximum Gasteiger partial charge on any atom is 0.307 e. The van der Waals surface area contributed by atoms with E-state index in [0.29, 0.717) is 23.8 Å². The second-order valence-electron chi connectivity index (χ2n) is 4.88. The van der Waals surface area contributed by atoms with Gasteiger partial charge in [0.2, 0.25) is 11.7 Å². The number of aromatic nitrogens is 4. The van der Waals surface area contributed by atoms with Crippen molar-refractivity contribution in [3.8, 4) is 11.5 Å². The van der Waals surface area contributed by atoms with Gasteiger partial charge in [0.1, 0.15) is 5.69 Å². The Kier molecular flexibility index (Phi) is 3.41. The van der Waals surface area contributed by atoms with Gasteiger partial charge in [-0.2, -0.15) is 4.98 Å². The fourth-order valence-corrected chi connectivity index (χ4v) is 2.63. The highest BCUT2D eigenvalue weighted by Gasteiger charge is 2.35. The lowest BCUT2D eigenvalue weighted by Gasteiger charge is -2.25. The molecule has 1 N–H and O–H groups in total. The molecule has 7 heteroatoms. The Hall–Kier alpha value is -2.31. The number of carbonyl (C=O) groups is 1. The molecule has 2 aromatic heterocycles. The van der Waals surface area contributed by atoms with E-state index >= 15 is 0 Å². The zero-order valence-corrected chi connectivity index (χ0v) is 10.8. The summed E-state index contributed by atoms with van der Waals surface area (Å²) < 4.78 is 5.25. The molecule has 0 radical (unpaired) electrons. The lowest BCUT2D eigenvalue weighted by Crippen LogP contribution is -2.25. The lowest BCUT2D eigenvalue weighted by molar-refractivity contribution is -0.143. The molecule has 0 amide bonds. The third-order valence-electron chi connectivity index (χ3n) is 3.63. The van der Waals surface area contributed by atoms with Crippen molar-refractivity contribution in [2.75, 3.05) is 0 Å². The third-order valence-corrected chi connectivity index (χ3v) is 3.63. The van der Waals surface area contributed by atoms with E-state index in [-0.39, 0.29) is 5.92 Å². The minimum absolute atomic E-state index is 0.209. The van der Waals surface area contributed by atoms with Crippen molar-refractivity contribution in [3.05, 3.63) is 24.5 Å². The summed E-state index contributed by atoms with van der Waals surface area (Å²) in [5.41, 5.74) is 0.519. The highest BCUT2D eigenvalue weighted by atomic mass is 16.5. The van der Waals surface area contributed by atoms with Gasteiger partial charge in [0.05, 0.1) is 18.0 Å². The van der Waals surface area contributed by atoms with Gasteiger partial charge in [-0.1, -0.05) is 18.0 Å². The highest BCUT2D eigenvalue weighted by molar-refractivity contribution is 5.71. The molecule has 2 aromatic rings. The van der Waals surface area contributed by atoms with Crippen molar-refractivity contribution in [2.45, 2.75) is 31.6 Å². The van der Waals surface area contributed by atoms with Gasteiger partial charge in [0, 0.05) is 12.4 Å². The van der Waals surface area contributed by atoms with E-state index in [1.54, 1.807) is 18.6 Å². The van der Waals surface area contributed by atoms with Gasteiger partial charge in [-0.05, 0) is 12.8 Å². The van der Waals surface area contributed by atoms with Crippen LogP contribution in [0.3, 0.4) is 0 Å². The molecular formula is C13H14N4O3. The maximum atomic E-state index is 11.3. The maximum absolute atomic E-state index is 11.3. The lowest BCUT2D eigenvalue weighted by atomic mass is 9.79. The number of hydrogen-bond acceptors (Lipinski definition) is 6. The first-order valence-corrected chi connectivity index (χ1v) is 6.58. The van der Waals surface area contributed by atoms with E-state index in [1.807, 2.05) is 0 Å². The van der Waals surface area contributed by atoms with Crippen molar-refractivity contribution in [1.29, 1.82) is 0 Å². The molecule has 7 nitrogen and oxygen atoms in total. The van der Waals surface area contributed by atoms with Crippen molar-refractivity contribution in [1.82, 2.24) is 20.1 Å². The molecule has 2 unspecified atom stereocenters. The third kappa shape index (κ3) is 2.38. The van der Waals surface area contributed by atoms with Crippen LogP contribution in [0.25, 0.3) is 11.5 Å². The molecule has 1 saturated carbocycles. The van der Waals surface area contributed by atoms with Gasteiger partial charge in [0.15, 0.2) is 0 Å². The first kappa shape index (κ1) is 12.7. The van der Waals surface area contributed by atoms with Crippen LogP contribution in [0.5, 0.6) is 0 Å². The van der Waals surface area contributed by atoms with Crippen molar-refractivity contribution < 1.29 is 14.4 Å². The van der Waals surface area contributed by atoms with Crippen molar-refractivity contribution in [2.24, 2.45) is 5.92 Å². The molecule has 0 aromatic carbocycles. The summed E-state index contributed by atoms with van der Waals surface area (Å²) >= 11 is 0. The summed E-state index contributed by atoms with van der Waals surface area (Å²) in [6.45, 7) is 0. The average molecular weight is 274 g/mol. The van der Waals surface area contributed by atoms with Gasteiger partial charge in [-0.3, -0.25) is 9.78 Å². The predicted octanol–water partition coefficient (Wildman–Crippen LogP) is 1.89. The average Bonchev–Trinajstić information content (AvgIpc) is 2.98. The zero-order chi connectivity index (χ0) is 13.9. The number of rotatable bonds is 3. The molecule has 104 valence electrons. The zero-order valence-electron chi connectivity index (χ0n) is 10.8. The largest absolute Gasteiger partial charge is 0.481 e. The molecule has 0 saturated heterocycles. The standard InChI is InChI=1S/C13H14N4O3/c18-13(19)9-4-2-1-3-8(9)12-16-11(17-20-12)10-7-14-5-6-15-10/h5-9H,1-4H2,(H,18,19). The van der Waals surface area contributed by atoms with Gasteiger partial charge in [-0.15, -0.1) is 0 Å². The van der Waals surface area contributed by atoms with E-state index in [9.17, 15) is 9.90 Å². The van der Waals surface area contributed by atoms with Gasteiger partial charge >= 0.3 is 5.97 Å². The van der Waals surface area contributed by atoms with Crippen LogP contribution < -0.4 is 0 Å².